The van der Waals surface area contributed by atoms with Crippen molar-refractivity contribution in [2.24, 2.45) is 0 Å². The number of aromatic amines is 1. The fourth-order valence-corrected chi connectivity index (χ4v) is 3.19. The van der Waals surface area contributed by atoms with Crippen molar-refractivity contribution >= 4 is 10.9 Å². The Kier molecular flexibility index (Phi) is 3.62. The molecule has 0 spiro atoms. The summed E-state index contributed by atoms with van der Waals surface area (Å²) in [4.78, 5) is 3.28. The van der Waals surface area contributed by atoms with Crippen molar-refractivity contribution in [3.8, 4) is 0 Å². The van der Waals surface area contributed by atoms with Crippen molar-refractivity contribution in [2.75, 3.05) is 0 Å². The lowest BCUT2D eigenvalue weighted by Gasteiger charge is -2.18. The number of nitrogens with one attached hydrogen (secondary N) is 1. The first-order chi connectivity index (χ1) is 11.7. The van der Waals surface area contributed by atoms with E-state index in [0.29, 0.717) is 0 Å². The molecule has 0 radical (unpaired) electrons. The van der Waals surface area contributed by atoms with Gasteiger partial charge in [-0.1, -0.05) is 42.5 Å². The van der Waals surface area contributed by atoms with Crippen LogP contribution >= 0.6 is 0 Å². The first-order valence-electron chi connectivity index (χ1n) is 7.79. The van der Waals surface area contributed by atoms with E-state index in [1.54, 1.807) is 24.3 Å². The molecule has 1 N–H and O–H groups in total. The molecule has 3 aromatic carbocycles. The van der Waals surface area contributed by atoms with Crippen LogP contribution in [0.2, 0.25) is 0 Å². The molecule has 0 atom stereocenters. The summed E-state index contributed by atoms with van der Waals surface area (Å²) in [5, 5.41) is 1.11. The minimum absolute atomic E-state index is 0.0950. The predicted molar refractivity (Wildman–Crippen MR) is 92.0 cm³/mol. The van der Waals surface area contributed by atoms with Crippen LogP contribution in [-0.4, -0.2) is 4.98 Å². The lowest BCUT2D eigenvalue weighted by atomic mass is 9.85. The smallest absolute Gasteiger partial charge is 0.123 e. The maximum Gasteiger partial charge on any atom is 0.123 e. The van der Waals surface area contributed by atoms with E-state index in [1.165, 1.54) is 24.3 Å². The van der Waals surface area contributed by atoms with E-state index < -0.39 is 0 Å². The van der Waals surface area contributed by atoms with Gasteiger partial charge in [-0.15, -0.1) is 0 Å². The number of H-pyrrole nitrogens is 1. The van der Waals surface area contributed by atoms with Gasteiger partial charge < -0.3 is 4.98 Å². The summed E-state index contributed by atoms with van der Waals surface area (Å²) in [5.41, 5.74) is 4.06. The first kappa shape index (κ1) is 14.6. The van der Waals surface area contributed by atoms with Crippen LogP contribution in [0.25, 0.3) is 10.9 Å². The summed E-state index contributed by atoms with van der Waals surface area (Å²) in [7, 11) is 0. The average Bonchev–Trinajstić information content (AvgIpc) is 3.03. The van der Waals surface area contributed by atoms with Crippen LogP contribution in [0.4, 0.5) is 8.78 Å². The Hall–Kier alpha value is -2.94. The second-order valence-electron chi connectivity index (χ2n) is 5.83. The van der Waals surface area contributed by atoms with E-state index in [2.05, 4.69) is 11.1 Å². The van der Waals surface area contributed by atoms with Gasteiger partial charge in [-0.2, -0.15) is 0 Å². The summed E-state index contributed by atoms with van der Waals surface area (Å²) in [6.07, 6.45) is 1.97. The molecule has 118 valence electrons. The standard InChI is InChI=1S/C21H15F2N/c22-16-9-5-14(6-10-16)21(15-7-11-17(23)12-8-15)19-13-24-20-4-2-1-3-18(19)20/h1-13,21,24H. The molecule has 0 amide bonds. The average molecular weight is 319 g/mol. The second-order valence-corrected chi connectivity index (χ2v) is 5.83. The summed E-state index contributed by atoms with van der Waals surface area (Å²) >= 11 is 0. The Morgan fingerprint density at radius 3 is 1.79 bits per heavy atom. The molecule has 0 fully saturated rings. The van der Waals surface area contributed by atoms with Crippen molar-refractivity contribution in [3.63, 3.8) is 0 Å². The molecule has 0 unspecified atom stereocenters. The SMILES string of the molecule is Fc1ccc(C(c2ccc(F)cc2)c2c[nH]c3ccccc23)cc1. The number of aromatic nitrogens is 1. The fourth-order valence-electron chi connectivity index (χ4n) is 3.19. The van der Waals surface area contributed by atoms with Gasteiger partial charge in [-0.05, 0) is 47.0 Å². The fraction of sp³-hybridized carbons (Fsp3) is 0.0476. The third-order valence-corrected chi connectivity index (χ3v) is 4.34. The maximum absolute atomic E-state index is 13.3. The molecule has 1 nitrogen and oxygen atoms in total. The lowest BCUT2D eigenvalue weighted by Crippen LogP contribution is -2.03. The van der Waals surface area contributed by atoms with E-state index >= 15 is 0 Å². The molecular weight excluding hydrogens is 304 g/mol. The number of hydrogen-bond acceptors (Lipinski definition) is 0. The Morgan fingerprint density at radius 1 is 0.667 bits per heavy atom. The van der Waals surface area contributed by atoms with Gasteiger partial charge in [-0.25, -0.2) is 8.78 Å². The summed E-state index contributed by atoms with van der Waals surface area (Å²) in [5.74, 6) is -0.631. The van der Waals surface area contributed by atoms with Crippen molar-refractivity contribution in [1.29, 1.82) is 0 Å². The highest BCUT2D eigenvalue weighted by molar-refractivity contribution is 5.84. The zero-order valence-electron chi connectivity index (χ0n) is 12.8. The third-order valence-electron chi connectivity index (χ3n) is 4.34. The topological polar surface area (TPSA) is 15.8 Å². The number of hydrogen-bond donors (Lipinski definition) is 1. The van der Waals surface area contributed by atoms with Crippen molar-refractivity contribution < 1.29 is 8.78 Å². The molecule has 1 heterocycles. The van der Waals surface area contributed by atoms with Crippen molar-refractivity contribution in [2.45, 2.75) is 5.92 Å². The molecule has 0 aliphatic heterocycles. The summed E-state index contributed by atoms with van der Waals surface area (Å²) in [6.45, 7) is 0. The van der Waals surface area contributed by atoms with Gasteiger partial charge in [0.05, 0.1) is 0 Å². The molecule has 1 aromatic heterocycles. The zero-order valence-corrected chi connectivity index (χ0v) is 12.8. The molecule has 0 aliphatic carbocycles. The van der Waals surface area contributed by atoms with E-state index in [0.717, 1.165) is 27.6 Å². The molecule has 3 heteroatoms. The largest absolute Gasteiger partial charge is 0.361 e. The van der Waals surface area contributed by atoms with Crippen LogP contribution in [0.1, 0.15) is 22.6 Å². The van der Waals surface area contributed by atoms with E-state index in [4.69, 9.17) is 0 Å². The Bertz CT molecular complexity index is 923. The van der Waals surface area contributed by atoms with E-state index in [-0.39, 0.29) is 17.6 Å². The van der Waals surface area contributed by atoms with Crippen LogP contribution in [0.5, 0.6) is 0 Å². The van der Waals surface area contributed by atoms with Crippen LogP contribution in [0, 0.1) is 11.6 Å². The molecule has 4 aromatic rings. The first-order valence-corrected chi connectivity index (χ1v) is 7.79. The van der Waals surface area contributed by atoms with E-state index in [9.17, 15) is 8.78 Å². The van der Waals surface area contributed by atoms with Crippen LogP contribution in [-0.2, 0) is 0 Å². The van der Waals surface area contributed by atoms with E-state index in [1.807, 2.05) is 24.4 Å². The molecule has 0 saturated heterocycles. The highest BCUT2D eigenvalue weighted by Gasteiger charge is 2.20. The van der Waals surface area contributed by atoms with Gasteiger partial charge in [0.2, 0.25) is 0 Å². The quantitative estimate of drug-likeness (QED) is 0.504. The minimum atomic E-state index is -0.268. The number of para-hydroxylation sites is 1. The zero-order chi connectivity index (χ0) is 16.5. The van der Waals surface area contributed by atoms with Gasteiger partial charge in [0.1, 0.15) is 11.6 Å². The number of rotatable bonds is 3. The van der Waals surface area contributed by atoms with Gasteiger partial charge in [0, 0.05) is 23.0 Å². The predicted octanol–water partition coefficient (Wildman–Crippen LogP) is 5.63. The molecular formula is C21H15F2N. The van der Waals surface area contributed by atoms with Crippen LogP contribution in [0.15, 0.2) is 79.0 Å². The Labute approximate surface area is 138 Å². The van der Waals surface area contributed by atoms with Gasteiger partial charge >= 0.3 is 0 Å². The molecule has 0 bridgehead atoms. The Balaban J connectivity index is 1.93. The second kappa shape index (κ2) is 5.93. The lowest BCUT2D eigenvalue weighted by molar-refractivity contribution is 0.626. The van der Waals surface area contributed by atoms with Gasteiger partial charge in [0.25, 0.3) is 0 Å². The third kappa shape index (κ3) is 2.58. The monoisotopic (exact) mass is 319 g/mol. The number of halogens is 2. The van der Waals surface area contributed by atoms with Crippen molar-refractivity contribution in [3.05, 3.63) is 107 Å². The summed E-state index contributed by atoms with van der Waals surface area (Å²) in [6, 6.07) is 21.0. The van der Waals surface area contributed by atoms with Crippen LogP contribution < -0.4 is 0 Å². The maximum atomic E-state index is 13.3. The van der Waals surface area contributed by atoms with Crippen LogP contribution in [0.3, 0.4) is 0 Å². The van der Waals surface area contributed by atoms with Crippen molar-refractivity contribution in [1.82, 2.24) is 4.98 Å². The number of fused-ring (bicyclic) bond motifs is 1. The van der Waals surface area contributed by atoms with Gasteiger partial charge in [0.15, 0.2) is 0 Å². The highest BCUT2D eigenvalue weighted by Crippen LogP contribution is 2.36. The molecule has 24 heavy (non-hydrogen) atoms. The normalized spacial score (nSPS) is 11.3. The molecule has 0 saturated carbocycles. The molecule has 0 aliphatic rings. The number of benzene rings is 3. The molecule has 4 rings (SSSR count). The minimum Gasteiger partial charge on any atom is -0.361 e. The van der Waals surface area contributed by atoms with Gasteiger partial charge in [-0.3, -0.25) is 0 Å². The summed E-state index contributed by atoms with van der Waals surface area (Å²) < 4.78 is 26.7. The highest BCUT2D eigenvalue weighted by atomic mass is 19.1. The Morgan fingerprint density at radius 2 is 1.21 bits per heavy atom.